The Hall–Kier alpha value is 0.109. The molecule has 34 valence electrons. The van der Waals surface area contributed by atoms with Crippen LogP contribution in [0.5, 0.6) is 0 Å². The van der Waals surface area contributed by atoms with E-state index in [1.165, 1.54) is 0 Å². The number of rotatable bonds is 2. The molecule has 0 aromatic carbocycles. The minimum atomic E-state index is -0.878. The molecule has 0 aromatic rings. The van der Waals surface area contributed by atoms with Crippen molar-refractivity contribution in [3.05, 3.63) is 10.4 Å². The molecule has 0 unspecified atom stereocenters. The molecular formula is C2H7N3Sn. The Labute approximate surface area is 46.9 Å². The van der Waals surface area contributed by atoms with Crippen LogP contribution < -0.4 is 0 Å². The second kappa shape index (κ2) is 5.11. The molecule has 0 bridgehead atoms. The van der Waals surface area contributed by atoms with Gasteiger partial charge in [-0.25, -0.2) is 0 Å². The third kappa shape index (κ3) is 4.11. The van der Waals surface area contributed by atoms with Gasteiger partial charge in [-0.2, -0.15) is 0 Å². The molecule has 0 saturated carbocycles. The van der Waals surface area contributed by atoms with E-state index >= 15 is 0 Å². The standard InChI is InChI=1S/C2H5.N3.Sn.2H/c1-2;1-3-2;;;/h1H2,2H3;;;;/q;-1;+1;;. The Kier molecular flexibility index (Phi) is 5.20. The minimum absolute atomic E-state index is 0.878. The molecule has 0 atom stereocenters. The summed E-state index contributed by atoms with van der Waals surface area (Å²) in [6.07, 6.45) is 0. The molecule has 0 fully saturated rings. The molecule has 0 aromatic heterocycles. The first-order chi connectivity index (χ1) is 2.91. The Morgan fingerprint density at radius 3 is 2.83 bits per heavy atom. The molecule has 0 amide bonds. The van der Waals surface area contributed by atoms with Crippen LogP contribution in [0.1, 0.15) is 6.92 Å². The quantitative estimate of drug-likeness (QED) is 0.269. The second-order valence-electron chi connectivity index (χ2n) is 0.954. The van der Waals surface area contributed by atoms with Gasteiger partial charge in [0.15, 0.2) is 0 Å². The van der Waals surface area contributed by atoms with Crippen molar-refractivity contribution in [2.45, 2.75) is 11.4 Å². The van der Waals surface area contributed by atoms with E-state index in [0.717, 1.165) is 4.44 Å². The summed E-state index contributed by atoms with van der Waals surface area (Å²) in [6, 6.07) is 0. The normalized spacial score (nSPS) is 8.83. The van der Waals surface area contributed by atoms with Gasteiger partial charge in [0.25, 0.3) is 0 Å². The van der Waals surface area contributed by atoms with Crippen molar-refractivity contribution in [1.29, 1.82) is 0 Å². The molecule has 0 aliphatic rings. The molecule has 0 radical (unpaired) electrons. The van der Waals surface area contributed by atoms with Crippen molar-refractivity contribution in [1.82, 2.24) is 0 Å². The monoisotopic (exact) mass is 193 g/mol. The van der Waals surface area contributed by atoms with Gasteiger partial charge in [0.05, 0.1) is 0 Å². The second-order valence-corrected chi connectivity index (χ2v) is 5.89. The molecule has 0 rings (SSSR count). The van der Waals surface area contributed by atoms with E-state index in [1.807, 2.05) is 0 Å². The molecule has 0 heterocycles. The summed E-state index contributed by atoms with van der Waals surface area (Å²) in [5.41, 5.74) is 7.71. The molecule has 4 heteroatoms. The van der Waals surface area contributed by atoms with E-state index in [-0.39, 0.29) is 0 Å². The summed E-state index contributed by atoms with van der Waals surface area (Å²) in [7, 11) is 0. The van der Waals surface area contributed by atoms with Gasteiger partial charge in [-0.1, -0.05) is 0 Å². The average Bonchev–Trinajstić information content (AvgIpc) is 1.61. The maximum atomic E-state index is 7.71. The van der Waals surface area contributed by atoms with Crippen molar-refractivity contribution in [2.75, 3.05) is 0 Å². The van der Waals surface area contributed by atoms with E-state index in [4.69, 9.17) is 5.53 Å². The zero-order valence-electron chi connectivity index (χ0n) is 3.76. The Morgan fingerprint density at radius 1 is 2.00 bits per heavy atom. The molecule has 3 nitrogen and oxygen atoms in total. The van der Waals surface area contributed by atoms with Crippen LogP contribution in [0.25, 0.3) is 10.4 Å². The Morgan fingerprint density at radius 2 is 2.67 bits per heavy atom. The fourth-order valence-corrected chi connectivity index (χ4v) is 0.971. The van der Waals surface area contributed by atoms with Crippen LogP contribution in [0.15, 0.2) is 3.34 Å². The SMILES string of the molecule is C[CH2][SnH2][N]=[N+]=[N-]. The maximum absolute atomic E-state index is 7.71. The topological polar surface area (TPSA) is 48.8 Å². The zero-order chi connectivity index (χ0) is 4.83. The number of hydrogen-bond donors (Lipinski definition) is 0. The summed E-state index contributed by atoms with van der Waals surface area (Å²) < 4.78 is 4.63. The molecule has 0 spiro atoms. The molecule has 0 aliphatic heterocycles. The van der Waals surface area contributed by atoms with Crippen molar-refractivity contribution < 1.29 is 0 Å². The first kappa shape index (κ1) is 6.11. The van der Waals surface area contributed by atoms with Crippen LogP contribution in [0.2, 0.25) is 4.44 Å². The van der Waals surface area contributed by atoms with Crippen LogP contribution in [0.3, 0.4) is 0 Å². The van der Waals surface area contributed by atoms with E-state index < -0.39 is 21.4 Å². The van der Waals surface area contributed by atoms with Crippen molar-refractivity contribution in [3.8, 4) is 0 Å². The molecule has 0 saturated heterocycles. The predicted octanol–water partition coefficient (Wildman–Crippen LogP) is 0.819. The predicted molar refractivity (Wildman–Crippen MR) is 28.2 cm³/mol. The van der Waals surface area contributed by atoms with Crippen LogP contribution in [-0.2, 0) is 0 Å². The summed E-state index contributed by atoms with van der Waals surface area (Å²) in [5, 5.41) is 0. The average molecular weight is 192 g/mol. The van der Waals surface area contributed by atoms with Crippen molar-refractivity contribution in [3.63, 3.8) is 0 Å². The van der Waals surface area contributed by atoms with E-state index in [2.05, 4.69) is 15.2 Å². The summed E-state index contributed by atoms with van der Waals surface area (Å²) >= 11 is -0.878. The van der Waals surface area contributed by atoms with Gasteiger partial charge < -0.3 is 0 Å². The fraction of sp³-hybridized carbons (Fsp3) is 1.00. The van der Waals surface area contributed by atoms with Gasteiger partial charge in [-0.3, -0.25) is 0 Å². The number of hydrogen-bond acceptors (Lipinski definition) is 1. The molecular weight excluding hydrogens is 185 g/mol. The molecule has 0 aliphatic carbocycles. The van der Waals surface area contributed by atoms with E-state index in [0.29, 0.717) is 0 Å². The van der Waals surface area contributed by atoms with E-state index in [9.17, 15) is 0 Å². The number of nitrogens with zero attached hydrogens (tertiary/aromatic N) is 3. The molecule has 0 N–H and O–H groups in total. The van der Waals surface area contributed by atoms with Gasteiger partial charge >= 0.3 is 46.6 Å². The van der Waals surface area contributed by atoms with Crippen LogP contribution >= 0.6 is 0 Å². The third-order valence-electron chi connectivity index (χ3n) is 0.387. The van der Waals surface area contributed by atoms with Gasteiger partial charge in [-0.15, -0.1) is 0 Å². The van der Waals surface area contributed by atoms with Crippen LogP contribution in [0.4, 0.5) is 0 Å². The van der Waals surface area contributed by atoms with Crippen LogP contribution in [-0.4, -0.2) is 21.4 Å². The van der Waals surface area contributed by atoms with Crippen molar-refractivity contribution in [2.24, 2.45) is 3.34 Å². The first-order valence-corrected chi connectivity index (χ1v) is 6.58. The van der Waals surface area contributed by atoms with Gasteiger partial charge in [-0.05, 0) is 0 Å². The molecule has 6 heavy (non-hydrogen) atoms. The van der Waals surface area contributed by atoms with Crippen LogP contribution in [0, 0.1) is 0 Å². The zero-order valence-corrected chi connectivity index (χ0v) is 7.79. The third-order valence-corrected chi connectivity index (χ3v) is 2.60. The summed E-state index contributed by atoms with van der Waals surface area (Å²) in [6.45, 7) is 2.06. The first-order valence-electron chi connectivity index (χ1n) is 1.92. The van der Waals surface area contributed by atoms with E-state index in [1.54, 1.807) is 0 Å². The van der Waals surface area contributed by atoms with Gasteiger partial charge in [0.1, 0.15) is 0 Å². The summed E-state index contributed by atoms with van der Waals surface area (Å²) in [4.78, 5) is 2.64. The number of azide groups is 1. The van der Waals surface area contributed by atoms with Gasteiger partial charge in [0, 0.05) is 0 Å². The van der Waals surface area contributed by atoms with Gasteiger partial charge in [0.2, 0.25) is 0 Å². The fourth-order valence-electron chi connectivity index (χ4n) is 0.145. The van der Waals surface area contributed by atoms with Crippen molar-refractivity contribution >= 4 is 21.4 Å². The Bertz CT molecular complexity index is 65.2. The summed E-state index contributed by atoms with van der Waals surface area (Å²) in [5.74, 6) is 0. The Balaban J connectivity index is 2.86.